The molecule has 20 heavy (non-hydrogen) atoms. The third-order valence-corrected chi connectivity index (χ3v) is 4.08. The summed E-state index contributed by atoms with van der Waals surface area (Å²) in [6.07, 6.45) is 1.55. The first-order valence-corrected chi connectivity index (χ1v) is 7.53. The molecule has 0 unspecified atom stereocenters. The van der Waals surface area contributed by atoms with Gasteiger partial charge in [-0.25, -0.2) is 0 Å². The van der Waals surface area contributed by atoms with E-state index in [1.54, 1.807) is 29.0 Å². The number of aromatic nitrogens is 2. The zero-order chi connectivity index (χ0) is 14.7. The molecule has 0 amide bonds. The Labute approximate surface area is 131 Å². The minimum atomic E-state index is -0.977. The number of aliphatic carboxylic acids is 1. The number of thioether (sulfide) groups is 1. The molecule has 5 nitrogen and oxygen atoms in total. The summed E-state index contributed by atoms with van der Waals surface area (Å²) in [6, 6.07) is 6.47. The fourth-order valence-electron chi connectivity index (χ4n) is 1.48. The summed E-state index contributed by atoms with van der Waals surface area (Å²) in [6.45, 7) is 0. The molecule has 0 bridgehead atoms. The van der Waals surface area contributed by atoms with Gasteiger partial charge in [-0.1, -0.05) is 23.4 Å². The summed E-state index contributed by atoms with van der Waals surface area (Å²) in [5, 5.41) is 9.61. The van der Waals surface area contributed by atoms with E-state index in [0.29, 0.717) is 14.7 Å². The lowest BCUT2D eigenvalue weighted by atomic mass is 10.3. The van der Waals surface area contributed by atoms with Gasteiger partial charge in [-0.2, -0.15) is 4.98 Å². The Bertz CT molecular complexity index is 720. The second kappa shape index (κ2) is 6.43. The van der Waals surface area contributed by atoms with Crippen LogP contribution >= 0.6 is 39.3 Å². The molecule has 0 aliphatic heterocycles. The van der Waals surface area contributed by atoms with E-state index in [0.717, 1.165) is 17.4 Å². The van der Waals surface area contributed by atoms with Crippen molar-refractivity contribution in [3.8, 4) is 5.69 Å². The average Bonchev–Trinajstić information content (AvgIpc) is 2.37. The van der Waals surface area contributed by atoms with Gasteiger partial charge >= 0.3 is 5.97 Å². The third-order valence-electron chi connectivity index (χ3n) is 2.27. The van der Waals surface area contributed by atoms with E-state index >= 15 is 0 Å². The summed E-state index contributed by atoms with van der Waals surface area (Å²) >= 11 is 10.2. The molecule has 2 rings (SSSR count). The minimum absolute atomic E-state index is 0.179. The van der Waals surface area contributed by atoms with Crippen molar-refractivity contribution in [1.82, 2.24) is 9.55 Å². The van der Waals surface area contributed by atoms with E-state index in [1.807, 2.05) is 0 Å². The monoisotopic (exact) mass is 374 g/mol. The van der Waals surface area contributed by atoms with Crippen LogP contribution in [0.1, 0.15) is 0 Å². The van der Waals surface area contributed by atoms with Crippen molar-refractivity contribution in [3.63, 3.8) is 0 Å². The van der Waals surface area contributed by atoms with Gasteiger partial charge in [0.2, 0.25) is 0 Å². The Morgan fingerprint density at radius 2 is 2.20 bits per heavy atom. The maximum Gasteiger partial charge on any atom is 0.313 e. The first-order chi connectivity index (χ1) is 9.47. The lowest BCUT2D eigenvalue weighted by Gasteiger charge is -2.12. The number of hydrogen-bond donors (Lipinski definition) is 1. The second-order valence-corrected chi connectivity index (χ2v) is 5.93. The van der Waals surface area contributed by atoms with Gasteiger partial charge in [-0.05, 0) is 34.1 Å². The number of carbonyl (C=O) groups is 1. The van der Waals surface area contributed by atoms with E-state index in [4.69, 9.17) is 16.7 Å². The van der Waals surface area contributed by atoms with Gasteiger partial charge in [0.15, 0.2) is 5.16 Å². The Morgan fingerprint density at radius 3 is 2.85 bits per heavy atom. The lowest BCUT2D eigenvalue weighted by Crippen LogP contribution is -2.13. The van der Waals surface area contributed by atoms with Crippen LogP contribution in [0.5, 0.6) is 0 Å². The molecule has 2 aromatic rings. The number of rotatable bonds is 4. The van der Waals surface area contributed by atoms with Crippen molar-refractivity contribution >= 4 is 45.3 Å². The lowest BCUT2D eigenvalue weighted by molar-refractivity contribution is -0.133. The Kier molecular flexibility index (Phi) is 4.85. The van der Waals surface area contributed by atoms with E-state index in [-0.39, 0.29) is 5.75 Å². The molecule has 0 radical (unpaired) electrons. The third kappa shape index (κ3) is 3.62. The van der Waals surface area contributed by atoms with Crippen molar-refractivity contribution in [2.24, 2.45) is 0 Å². The van der Waals surface area contributed by atoms with E-state index < -0.39 is 11.5 Å². The number of carboxylic acids is 1. The Balaban J connectivity index is 2.49. The molecule has 1 aromatic carbocycles. The normalized spacial score (nSPS) is 10.5. The summed E-state index contributed by atoms with van der Waals surface area (Å²) in [5.74, 6) is -1.16. The molecule has 0 spiro atoms. The summed E-state index contributed by atoms with van der Waals surface area (Å²) in [5.41, 5.74) is 0.300. The van der Waals surface area contributed by atoms with Crippen molar-refractivity contribution in [3.05, 3.63) is 50.3 Å². The molecular weight excluding hydrogens is 368 g/mol. The predicted molar refractivity (Wildman–Crippen MR) is 80.9 cm³/mol. The molecule has 0 atom stereocenters. The van der Waals surface area contributed by atoms with Crippen LogP contribution in [0.25, 0.3) is 5.69 Å². The van der Waals surface area contributed by atoms with Gasteiger partial charge in [0.05, 0.1) is 11.4 Å². The number of benzene rings is 1. The highest BCUT2D eigenvalue weighted by molar-refractivity contribution is 9.10. The van der Waals surface area contributed by atoms with Crippen molar-refractivity contribution in [1.29, 1.82) is 0 Å². The smallest absolute Gasteiger partial charge is 0.313 e. The topological polar surface area (TPSA) is 72.2 Å². The second-order valence-electron chi connectivity index (χ2n) is 3.70. The van der Waals surface area contributed by atoms with Gasteiger partial charge in [-0.15, -0.1) is 0 Å². The molecule has 1 heterocycles. The van der Waals surface area contributed by atoms with Crippen molar-refractivity contribution < 1.29 is 9.90 Å². The first-order valence-electron chi connectivity index (χ1n) is 5.37. The quantitative estimate of drug-likeness (QED) is 0.657. The zero-order valence-corrected chi connectivity index (χ0v) is 13.1. The van der Waals surface area contributed by atoms with Crippen molar-refractivity contribution in [2.45, 2.75) is 5.16 Å². The average molecular weight is 376 g/mol. The molecule has 0 aliphatic rings. The van der Waals surface area contributed by atoms with Gasteiger partial charge in [0.25, 0.3) is 5.56 Å². The van der Waals surface area contributed by atoms with Crippen LogP contribution < -0.4 is 5.56 Å². The van der Waals surface area contributed by atoms with Crippen LogP contribution in [0.4, 0.5) is 0 Å². The largest absolute Gasteiger partial charge is 0.481 e. The van der Waals surface area contributed by atoms with Crippen LogP contribution in [0.3, 0.4) is 0 Å². The summed E-state index contributed by atoms with van der Waals surface area (Å²) < 4.78 is 2.35. The van der Waals surface area contributed by atoms with Gasteiger partial charge in [0, 0.05) is 21.8 Å². The zero-order valence-electron chi connectivity index (χ0n) is 9.92. The van der Waals surface area contributed by atoms with Crippen LogP contribution in [-0.4, -0.2) is 26.4 Å². The SMILES string of the molecule is O=C(O)CSc1nc(=O)ccn1-c1ccc(Cl)cc1Br. The highest BCUT2D eigenvalue weighted by Crippen LogP contribution is 2.27. The fourth-order valence-corrected chi connectivity index (χ4v) is 3.05. The number of hydrogen-bond acceptors (Lipinski definition) is 4. The first kappa shape index (κ1) is 15.1. The van der Waals surface area contributed by atoms with Crippen LogP contribution in [0.2, 0.25) is 5.02 Å². The van der Waals surface area contributed by atoms with E-state index in [2.05, 4.69) is 20.9 Å². The van der Waals surface area contributed by atoms with E-state index in [9.17, 15) is 9.59 Å². The summed E-state index contributed by atoms with van der Waals surface area (Å²) in [7, 11) is 0. The van der Waals surface area contributed by atoms with E-state index in [1.165, 1.54) is 6.07 Å². The molecule has 1 N–H and O–H groups in total. The maximum atomic E-state index is 11.3. The van der Waals surface area contributed by atoms with Crippen LogP contribution in [-0.2, 0) is 4.79 Å². The molecule has 0 aliphatic carbocycles. The van der Waals surface area contributed by atoms with Crippen molar-refractivity contribution in [2.75, 3.05) is 5.75 Å². The molecular formula is C12H8BrClN2O3S. The standard InChI is InChI=1S/C12H8BrClN2O3S/c13-8-5-7(14)1-2-9(8)16-4-3-10(17)15-12(16)20-6-11(18)19/h1-5H,6H2,(H,18,19). The van der Waals surface area contributed by atoms with Crippen LogP contribution in [0.15, 0.2) is 44.9 Å². The highest BCUT2D eigenvalue weighted by Gasteiger charge is 2.11. The number of halogens is 2. The molecule has 0 fully saturated rings. The maximum absolute atomic E-state index is 11.3. The van der Waals surface area contributed by atoms with Crippen LogP contribution in [0, 0.1) is 0 Å². The fraction of sp³-hybridized carbons (Fsp3) is 0.0833. The summed E-state index contributed by atoms with van der Waals surface area (Å²) in [4.78, 5) is 25.8. The molecule has 1 aromatic heterocycles. The van der Waals surface area contributed by atoms with Gasteiger partial charge in [-0.3, -0.25) is 14.2 Å². The molecule has 104 valence electrons. The molecule has 0 saturated carbocycles. The molecule has 0 saturated heterocycles. The minimum Gasteiger partial charge on any atom is -0.481 e. The van der Waals surface area contributed by atoms with Gasteiger partial charge in [0.1, 0.15) is 0 Å². The predicted octanol–water partition coefficient (Wildman–Crippen LogP) is 2.83. The highest BCUT2D eigenvalue weighted by atomic mass is 79.9. The number of carboxylic acid groups (broad SMARTS) is 1. The Hall–Kier alpha value is -1.31. The van der Waals surface area contributed by atoms with Gasteiger partial charge < -0.3 is 5.11 Å². The Morgan fingerprint density at radius 1 is 1.45 bits per heavy atom. The number of nitrogens with zero attached hydrogens (tertiary/aromatic N) is 2. The molecule has 8 heteroatoms.